The zero-order valence-electron chi connectivity index (χ0n) is 19.7. The molecule has 1 aliphatic rings. The molecule has 0 spiro atoms. The number of carbonyl (C=O) groups is 1. The molecule has 2 heterocycles. The van der Waals surface area contributed by atoms with Crippen LogP contribution < -0.4 is 5.32 Å². The van der Waals surface area contributed by atoms with Gasteiger partial charge in [-0.25, -0.2) is 8.42 Å². The van der Waals surface area contributed by atoms with Crippen molar-refractivity contribution in [1.82, 2.24) is 14.8 Å². The molecule has 7 nitrogen and oxygen atoms in total. The second-order valence-corrected chi connectivity index (χ2v) is 10.8. The maximum atomic E-state index is 13.4. The quantitative estimate of drug-likeness (QED) is 0.705. The van der Waals surface area contributed by atoms with E-state index in [0.717, 1.165) is 16.7 Å². The van der Waals surface area contributed by atoms with E-state index in [4.69, 9.17) is 4.52 Å². The lowest BCUT2D eigenvalue weighted by atomic mass is 9.97. The first-order valence-electron chi connectivity index (χ1n) is 11.0. The molecule has 8 heteroatoms. The van der Waals surface area contributed by atoms with Crippen molar-refractivity contribution >= 4 is 28.1 Å². The van der Waals surface area contributed by atoms with E-state index in [1.165, 1.54) is 9.87 Å². The predicted molar refractivity (Wildman–Crippen MR) is 126 cm³/mol. The zero-order chi connectivity index (χ0) is 23.6. The molecule has 0 radical (unpaired) electrons. The van der Waals surface area contributed by atoms with Gasteiger partial charge >= 0.3 is 0 Å². The number of piperidine rings is 1. The Morgan fingerprint density at radius 1 is 1.12 bits per heavy atom. The van der Waals surface area contributed by atoms with Crippen LogP contribution in [0.15, 0.2) is 21.6 Å². The molecule has 0 saturated carbocycles. The maximum absolute atomic E-state index is 13.4. The van der Waals surface area contributed by atoms with Crippen molar-refractivity contribution in [2.45, 2.75) is 65.3 Å². The minimum Gasteiger partial charge on any atom is -0.355 e. The number of nitrogens with zero attached hydrogens (tertiary/aromatic N) is 2. The predicted octanol–water partition coefficient (Wildman–Crippen LogP) is 4.00. The molecule has 2 aromatic rings. The third kappa shape index (κ3) is 5.13. The Kier molecular flexibility index (Phi) is 7.25. The number of amides is 1. The van der Waals surface area contributed by atoms with E-state index < -0.39 is 10.0 Å². The summed E-state index contributed by atoms with van der Waals surface area (Å²) in [5, 5.41) is 6.84. The van der Waals surface area contributed by atoms with Gasteiger partial charge in [0.1, 0.15) is 5.69 Å². The SMILES string of the molecule is Cc1cc(C)c(C=Cc2onc(C)c2S(=O)(=O)N2CCC(C(=O)NC(C)C)CC2)c(C)c1. The molecule has 1 saturated heterocycles. The first kappa shape index (κ1) is 24.2. The van der Waals surface area contributed by atoms with Crippen LogP contribution in [0.3, 0.4) is 0 Å². The van der Waals surface area contributed by atoms with E-state index in [1.807, 2.05) is 40.7 Å². The molecular weight excluding hydrogens is 426 g/mol. The number of sulfonamides is 1. The lowest BCUT2D eigenvalue weighted by molar-refractivity contribution is -0.126. The lowest BCUT2D eigenvalue weighted by Crippen LogP contribution is -2.44. The van der Waals surface area contributed by atoms with Crippen LogP contribution in [0.4, 0.5) is 0 Å². The molecule has 1 N–H and O–H groups in total. The second kappa shape index (κ2) is 9.58. The molecule has 0 unspecified atom stereocenters. The molecule has 0 aliphatic carbocycles. The summed E-state index contributed by atoms with van der Waals surface area (Å²) in [5.74, 6) is 0.0477. The monoisotopic (exact) mass is 459 g/mol. The summed E-state index contributed by atoms with van der Waals surface area (Å²) in [6.07, 6.45) is 4.55. The third-order valence-electron chi connectivity index (χ3n) is 5.83. The lowest BCUT2D eigenvalue weighted by Gasteiger charge is -2.30. The van der Waals surface area contributed by atoms with Gasteiger partial charge in [-0.15, -0.1) is 0 Å². The molecule has 1 aliphatic heterocycles. The van der Waals surface area contributed by atoms with Gasteiger partial charge in [0.25, 0.3) is 0 Å². The molecule has 1 aromatic carbocycles. The molecule has 1 amide bonds. The Balaban J connectivity index is 1.82. The molecule has 3 rings (SSSR count). The smallest absolute Gasteiger partial charge is 0.248 e. The summed E-state index contributed by atoms with van der Waals surface area (Å²) >= 11 is 0. The normalized spacial score (nSPS) is 16.2. The average Bonchev–Trinajstić information content (AvgIpc) is 3.08. The van der Waals surface area contributed by atoms with Gasteiger partial charge in [-0.3, -0.25) is 4.79 Å². The summed E-state index contributed by atoms with van der Waals surface area (Å²) in [6, 6.07) is 4.25. The topological polar surface area (TPSA) is 92.5 Å². The highest BCUT2D eigenvalue weighted by Crippen LogP contribution is 2.30. The number of carbonyl (C=O) groups excluding carboxylic acids is 1. The molecule has 1 aromatic heterocycles. The van der Waals surface area contributed by atoms with Gasteiger partial charge in [0.15, 0.2) is 10.7 Å². The van der Waals surface area contributed by atoms with Crippen molar-refractivity contribution in [2.75, 3.05) is 13.1 Å². The van der Waals surface area contributed by atoms with E-state index in [1.54, 1.807) is 13.0 Å². The van der Waals surface area contributed by atoms with E-state index in [-0.39, 0.29) is 28.5 Å². The Morgan fingerprint density at radius 3 is 2.28 bits per heavy atom. The largest absolute Gasteiger partial charge is 0.355 e. The van der Waals surface area contributed by atoms with Crippen LogP contribution in [0.5, 0.6) is 0 Å². The first-order valence-corrected chi connectivity index (χ1v) is 12.5. The van der Waals surface area contributed by atoms with Gasteiger partial charge < -0.3 is 9.84 Å². The van der Waals surface area contributed by atoms with Gasteiger partial charge in [0, 0.05) is 25.0 Å². The fourth-order valence-corrected chi connectivity index (χ4v) is 6.02. The fourth-order valence-electron chi connectivity index (χ4n) is 4.30. The number of hydrogen-bond acceptors (Lipinski definition) is 5. The van der Waals surface area contributed by atoms with E-state index >= 15 is 0 Å². The van der Waals surface area contributed by atoms with Crippen molar-refractivity contribution in [3.63, 3.8) is 0 Å². The minimum absolute atomic E-state index is 0.00864. The highest BCUT2D eigenvalue weighted by atomic mass is 32.2. The Morgan fingerprint density at radius 2 is 1.72 bits per heavy atom. The van der Waals surface area contributed by atoms with Crippen molar-refractivity contribution in [3.05, 3.63) is 45.8 Å². The maximum Gasteiger partial charge on any atom is 0.248 e. The second-order valence-electron chi connectivity index (χ2n) is 8.95. The van der Waals surface area contributed by atoms with Crippen molar-refractivity contribution in [2.24, 2.45) is 5.92 Å². The highest BCUT2D eigenvalue weighted by molar-refractivity contribution is 7.89. The average molecular weight is 460 g/mol. The molecular formula is C24H33N3O4S. The van der Waals surface area contributed by atoms with Crippen LogP contribution in [0, 0.1) is 33.6 Å². The number of hydrogen-bond donors (Lipinski definition) is 1. The number of aryl methyl sites for hydroxylation is 4. The van der Waals surface area contributed by atoms with Crippen molar-refractivity contribution < 1.29 is 17.7 Å². The number of benzene rings is 1. The standard InChI is InChI=1S/C24H33N3O4S/c1-15(2)25-24(28)20-9-11-27(12-10-20)32(29,30)23-19(6)26-31-22(23)8-7-21-17(4)13-16(3)14-18(21)5/h7-8,13-15,20H,9-12H2,1-6H3,(H,25,28). The number of aromatic nitrogens is 1. The fraction of sp³-hybridized carbons (Fsp3) is 0.500. The molecule has 0 bridgehead atoms. The molecule has 0 atom stereocenters. The van der Waals surface area contributed by atoms with E-state index in [2.05, 4.69) is 22.6 Å². The Hall–Kier alpha value is -2.45. The summed E-state index contributed by atoms with van der Waals surface area (Å²) in [7, 11) is -3.79. The van der Waals surface area contributed by atoms with Crippen molar-refractivity contribution in [3.8, 4) is 0 Å². The van der Waals surface area contributed by atoms with Crippen LogP contribution in [0.1, 0.15) is 60.4 Å². The minimum atomic E-state index is -3.79. The van der Waals surface area contributed by atoms with Crippen LogP contribution in [-0.4, -0.2) is 42.9 Å². The summed E-state index contributed by atoms with van der Waals surface area (Å²) in [5.41, 5.74) is 4.77. The van der Waals surface area contributed by atoms with Gasteiger partial charge in [-0.2, -0.15) is 4.31 Å². The summed E-state index contributed by atoms with van der Waals surface area (Å²) in [4.78, 5) is 12.4. The highest BCUT2D eigenvalue weighted by Gasteiger charge is 2.36. The van der Waals surface area contributed by atoms with Crippen LogP contribution in [0.25, 0.3) is 12.2 Å². The number of nitrogens with one attached hydrogen (secondary N) is 1. The molecule has 1 fully saturated rings. The molecule has 32 heavy (non-hydrogen) atoms. The van der Waals surface area contributed by atoms with Gasteiger partial charge in [0.2, 0.25) is 15.9 Å². The summed E-state index contributed by atoms with van der Waals surface area (Å²) < 4.78 is 33.7. The van der Waals surface area contributed by atoms with E-state index in [0.29, 0.717) is 31.6 Å². The first-order chi connectivity index (χ1) is 15.0. The van der Waals surface area contributed by atoms with Gasteiger partial charge in [-0.05, 0) is 77.2 Å². The molecule has 174 valence electrons. The van der Waals surface area contributed by atoms with Crippen LogP contribution in [0.2, 0.25) is 0 Å². The van der Waals surface area contributed by atoms with Gasteiger partial charge in [-0.1, -0.05) is 28.9 Å². The van der Waals surface area contributed by atoms with E-state index in [9.17, 15) is 13.2 Å². The van der Waals surface area contributed by atoms with Crippen LogP contribution >= 0.6 is 0 Å². The zero-order valence-corrected chi connectivity index (χ0v) is 20.5. The third-order valence-corrected chi connectivity index (χ3v) is 7.88. The van der Waals surface area contributed by atoms with Crippen LogP contribution in [-0.2, 0) is 14.8 Å². The Bertz CT molecular complexity index is 1100. The summed E-state index contributed by atoms with van der Waals surface area (Å²) in [6.45, 7) is 12.2. The van der Waals surface area contributed by atoms with Gasteiger partial charge in [0.05, 0.1) is 0 Å². The number of rotatable bonds is 6. The van der Waals surface area contributed by atoms with Crippen molar-refractivity contribution in [1.29, 1.82) is 0 Å². The Labute approximate surface area is 190 Å².